The molecule has 2 N–H and O–H groups in total. The van der Waals surface area contributed by atoms with Crippen LogP contribution >= 0.6 is 24.8 Å². The van der Waals surface area contributed by atoms with Gasteiger partial charge in [-0.25, -0.2) is 0 Å². The van der Waals surface area contributed by atoms with Crippen LogP contribution < -0.4 is 10.6 Å². The van der Waals surface area contributed by atoms with Crippen molar-refractivity contribution in [1.82, 2.24) is 15.6 Å². The summed E-state index contributed by atoms with van der Waals surface area (Å²) in [6.45, 7) is 4.65. The van der Waals surface area contributed by atoms with Gasteiger partial charge in [-0.15, -0.1) is 24.8 Å². The molecule has 0 saturated carbocycles. The summed E-state index contributed by atoms with van der Waals surface area (Å²) in [5.41, 5.74) is 3.80. The third-order valence-electron chi connectivity index (χ3n) is 3.45. The molecular weight excluding hydrogens is 333 g/mol. The van der Waals surface area contributed by atoms with Crippen molar-refractivity contribution in [3.8, 4) is 11.1 Å². The molecule has 1 unspecified atom stereocenters. The monoisotopic (exact) mass is 355 g/mol. The first-order valence-corrected chi connectivity index (χ1v) is 7.07. The minimum atomic E-state index is -0.0986. The highest BCUT2D eigenvalue weighted by Crippen LogP contribution is 2.19. The van der Waals surface area contributed by atoms with E-state index < -0.39 is 0 Å². The van der Waals surface area contributed by atoms with Gasteiger partial charge in [-0.2, -0.15) is 0 Å². The van der Waals surface area contributed by atoms with Crippen molar-refractivity contribution in [3.05, 3.63) is 53.9 Å². The number of aryl methyl sites for hydroxylation is 1. The van der Waals surface area contributed by atoms with E-state index >= 15 is 0 Å². The molecule has 0 aliphatic rings. The van der Waals surface area contributed by atoms with Crippen molar-refractivity contribution in [2.45, 2.75) is 19.9 Å². The van der Waals surface area contributed by atoms with Gasteiger partial charge in [-0.1, -0.05) is 29.8 Å². The molecule has 1 aromatic carbocycles. The molecule has 126 valence electrons. The second kappa shape index (κ2) is 10.2. The lowest BCUT2D eigenvalue weighted by atomic mass is 10.0. The van der Waals surface area contributed by atoms with Gasteiger partial charge >= 0.3 is 0 Å². The van der Waals surface area contributed by atoms with Crippen molar-refractivity contribution in [3.63, 3.8) is 0 Å². The molecule has 0 bridgehead atoms. The van der Waals surface area contributed by atoms with Crippen LogP contribution in [0.25, 0.3) is 11.1 Å². The molecule has 2 rings (SSSR count). The molecule has 4 nitrogen and oxygen atoms in total. The number of amides is 1. The highest BCUT2D eigenvalue weighted by molar-refractivity contribution is 5.95. The summed E-state index contributed by atoms with van der Waals surface area (Å²) >= 11 is 0. The summed E-state index contributed by atoms with van der Waals surface area (Å²) in [5.74, 6) is -0.0986. The summed E-state index contributed by atoms with van der Waals surface area (Å²) in [4.78, 5) is 16.3. The van der Waals surface area contributed by atoms with E-state index in [1.54, 1.807) is 12.4 Å². The Morgan fingerprint density at radius 2 is 1.78 bits per heavy atom. The quantitative estimate of drug-likeness (QED) is 0.865. The lowest BCUT2D eigenvalue weighted by molar-refractivity contribution is 0.0950. The molecule has 0 aliphatic heterocycles. The molecule has 0 spiro atoms. The highest BCUT2D eigenvalue weighted by Gasteiger charge is 2.09. The molecular formula is C17H23Cl2N3O. The predicted molar refractivity (Wildman–Crippen MR) is 99.8 cm³/mol. The molecule has 0 saturated heterocycles. The van der Waals surface area contributed by atoms with Crippen molar-refractivity contribution in [1.29, 1.82) is 0 Å². The molecule has 0 fully saturated rings. The van der Waals surface area contributed by atoms with E-state index in [1.807, 2.05) is 32.2 Å². The lowest BCUT2D eigenvalue weighted by Crippen LogP contribution is -2.37. The summed E-state index contributed by atoms with van der Waals surface area (Å²) < 4.78 is 0. The number of carbonyl (C=O) groups excluding carboxylic acids is 1. The number of nitrogens with one attached hydrogen (secondary N) is 2. The fraction of sp³-hybridized carbons (Fsp3) is 0.294. The molecule has 23 heavy (non-hydrogen) atoms. The summed E-state index contributed by atoms with van der Waals surface area (Å²) in [5, 5.41) is 5.98. The Morgan fingerprint density at radius 3 is 2.39 bits per heavy atom. The average Bonchev–Trinajstić information content (AvgIpc) is 2.53. The van der Waals surface area contributed by atoms with Gasteiger partial charge in [-0.05, 0) is 32.5 Å². The fourth-order valence-corrected chi connectivity index (χ4v) is 1.92. The molecule has 6 heteroatoms. The third-order valence-corrected chi connectivity index (χ3v) is 3.45. The first-order chi connectivity index (χ1) is 10.1. The van der Waals surface area contributed by atoms with Crippen molar-refractivity contribution >= 4 is 30.7 Å². The number of rotatable bonds is 5. The van der Waals surface area contributed by atoms with Gasteiger partial charge < -0.3 is 10.6 Å². The van der Waals surface area contributed by atoms with Crippen LogP contribution in [0.3, 0.4) is 0 Å². The van der Waals surface area contributed by atoms with Gasteiger partial charge in [0.15, 0.2) is 0 Å². The summed E-state index contributed by atoms with van der Waals surface area (Å²) in [6.07, 6.45) is 3.37. The lowest BCUT2D eigenvalue weighted by Gasteiger charge is -2.11. The van der Waals surface area contributed by atoms with Gasteiger partial charge in [0.2, 0.25) is 0 Å². The maximum Gasteiger partial charge on any atom is 0.252 e. The highest BCUT2D eigenvalue weighted by atomic mass is 35.5. The third kappa shape index (κ3) is 6.18. The van der Waals surface area contributed by atoms with E-state index in [4.69, 9.17) is 0 Å². The molecule has 1 atom stereocenters. The molecule has 2 aromatic rings. The topological polar surface area (TPSA) is 54.0 Å². The zero-order valence-electron chi connectivity index (χ0n) is 13.5. The Kier molecular flexibility index (Phi) is 9.49. The summed E-state index contributed by atoms with van der Waals surface area (Å²) in [6, 6.07) is 10.3. The second-order valence-corrected chi connectivity index (χ2v) is 5.23. The number of hydrogen-bond acceptors (Lipinski definition) is 3. The van der Waals surface area contributed by atoms with E-state index in [0.717, 1.165) is 11.1 Å². The Hall–Kier alpha value is -1.62. The summed E-state index contributed by atoms with van der Waals surface area (Å²) in [7, 11) is 1.87. The first kappa shape index (κ1) is 21.4. The number of likely N-dealkylation sites (N-methyl/N-ethyl adjacent to an activating group) is 1. The van der Waals surface area contributed by atoms with Crippen LogP contribution in [0.5, 0.6) is 0 Å². The standard InChI is InChI=1S/C17H21N3O.2ClH/c1-12-4-6-14(7-5-12)15-8-16(11-19-10-15)17(21)20-9-13(2)18-3;;/h4-8,10-11,13,18H,9H2,1-3H3,(H,20,21);2*1H. The molecule has 0 aliphatic carbocycles. The number of benzene rings is 1. The minimum Gasteiger partial charge on any atom is -0.350 e. The van der Waals surface area contributed by atoms with E-state index in [0.29, 0.717) is 12.1 Å². The smallest absolute Gasteiger partial charge is 0.252 e. The zero-order valence-corrected chi connectivity index (χ0v) is 15.1. The normalized spacial score (nSPS) is 10.9. The van der Waals surface area contributed by atoms with E-state index in [-0.39, 0.29) is 36.8 Å². The number of aromatic nitrogens is 1. The largest absolute Gasteiger partial charge is 0.350 e. The SMILES string of the molecule is CNC(C)CNC(=O)c1cncc(-c2ccc(C)cc2)c1.Cl.Cl. The molecule has 1 amide bonds. The van der Waals surface area contributed by atoms with Gasteiger partial charge in [0.1, 0.15) is 0 Å². The van der Waals surface area contributed by atoms with Crippen LogP contribution in [-0.2, 0) is 0 Å². The molecule has 0 radical (unpaired) electrons. The van der Waals surface area contributed by atoms with Crippen molar-refractivity contribution in [2.24, 2.45) is 0 Å². The van der Waals surface area contributed by atoms with Crippen LogP contribution in [0, 0.1) is 6.92 Å². The van der Waals surface area contributed by atoms with Crippen LogP contribution in [0.1, 0.15) is 22.8 Å². The Morgan fingerprint density at radius 1 is 1.13 bits per heavy atom. The zero-order chi connectivity index (χ0) is 15.2. The van der Waals surface area contributed by atoms with E-state index in [1.165, 1.54) is 5.56 Å². The number of pyridine rings is 1. The fourth-order valence-electron chi connectivity index (χ4n) is 1.92. The van der Waals surface area contributed by atoms with Crippen molar-refractivity contribution in [2.75, 3.05) is 13.6 Å². The molecule has 1 heterocycles. The Labute approximate surface area is 149 Å². The average molecular weight is 356 g/mol. The van der Waals surface area contributed by atoms with Crippen LogP contribution in [0.15, 0.2) is 42.7 Å². The van der Waals surface area contributed by atoms with Crippen LogP contribution in [0.2, 0.25) is 0 Å². The Balaban J connectivity index is 0.00000242. The number of carbonyl (C=O) groups is 1. The van der Waals surface area contributed by atoms with E-state index in [9.17, 15) is 4.79 Å². The Bertz CT molecular complexity index is 617. The second-order valence-electron chi connectivity index (χ2n) is 5.23. The van der Waals surface area contributed by atoms with Gasteiger partial charge in [0, 0.05) is 30.5 Å². The van der Waals surface area contributed by atoms with Crippen LogP contribution in [-0.4, -0.2) is 30.5 Å². The number of nitrogens with zero attached hydrogens (tertiary/aromatic N) is 1. The first-order valence-electron chi connectivity index (χ1n) is 7.07. The predicted octanol–water partition coefficient (Wildman–Crippen LogP) is 3.24. The molecule has 1 aromatic heterocycles. The van der Waals surface area contributed by atoms with Gasteiger partial charge in [-0.3, -0.25) is 9.78 Å². The maximum absolute atomic E-state index is 12.1. The number of halogens is 2. The van der Waals surface area contributed by atoms with Crippen LogP contribution in [0.4, 0.5) is 0 Å². The minimum absolute atomic E-state index is 0. The van der Waals surface area contributed by atoms with E-state index in [2.05, 4.69) is 34.7 Å². The van der Waals surface area contributed by atoms with Gasteiger partial charge in [0.05, 0.1) is 5.56 Å². The number of hydrogen-bond donors (Lipinski definition) is 2. The van der Waals surface area contributed by atoms with Crippen molar-refractivity contribution < 1.29 is 4.79 Å². The van der Waals surface area contributed by atoms with Gasteiger partial charge in [0.25, 0.3) is 5.91 Å². The maximum atomic E-state index is 12.1.